The number of ether oxygens (including phenoxy) is 2. The molecule has 146 valence electrons. The molecule has 2 atom stereocenters. The summed E-state index contributed by atoms with van der Waals surface area (Å²) in [4.78, 5) is 16.0. The number of benzene rings is 1. The fourth-order valence-corrected chi connectivity index (χ4v) is 3.02. The normalized spacial score (nSPS) is 19.1. The third kappa shape index (κ3) is 5.92. The first-order valence-electron chi connectivity index (χ1n) is 8.77. The highest BCUT2D eigenvalue weighted by molar-refractivity contribution is 6.31. The number of rotatable bonds is 7. The van der Waals surface area contributed by atoms with Crippen LogP contribution in [0.15, 0.2) is 41.5 Å². The van der Waals surface area contributed by atoms with E-state index < -0.39 is 12.1 Å². The van der Waals surface area contributed by atoms with Gasteiger partial charge in [-0.25, -0.2) is 4.79 Å². The summed E-state index contributed by atoms with van der Waals surface area (Å²) in [7, 11) is 1.27. The van der Waals surface area contributed by atoms with E-state index in [4.69, 9.17) is 22.1 Å². The third-order valence-electron chi connectivity index (χ3n) is 4.31. The van der Waals surface area contributed by atoms with E-state index in [1.807, 2.05) is 0 Å². The molecule has 3 N–H and O–H groups in total. The topological polar surface area (TPSA) is 94.1 Å². The number of hydrogen-bond acceptors (Lipinski definition) is 6. The minimum Gasteiger partial charge on any atom is -0.466 e. The minimum atomic E-state index is -0.974. The summed E-state index contributed by atoms with van der Waals surface area (Å²) in [5, 5.41) is 11.1. The average molecular weight is 393 g/mol. The van der Waals surface area contributed by atoms with Crippen molar-refractivity contribution < 1.29 is 19.4 Å². The number of nitrogens with zero attached hydrogens (tertiary/aromatic N) is 1. The van der Waals surface area contributed by atoms with E-state index in [0.29, 0.717) is 28.3 Å². The molecule has 1 aromatic rings. The molecule has 0 bridgehead atoms. The van der Waals surface area contributed by atoms with Crippen LogP contribution in [0.3, 0.4) is 0 Å². The standard InChI is InChI=1S/C20H25ClN2O4/c1-13(20(25)26-2)9-18(24)16-7-6-15(21)10-17(16)14(11-22)12-23-19-5-3-4-8-27-19/h6-7,10-12,18-19,24H,1,3-5,8-9,22H2,2H3/b14-11+,23-12+. The van der Waals surface area contributed by atoms with Gasteiger partial charge in [0.2, 0.25) is 0 Å². The summed E-state index contributed by atoms with van der Waals surface area (Å²) in [6.45, 7) is 4.35. The van der Waals surface area contributed by atoms with Gasteiger partial charge in [0.05, 0.1) is 13.2 Å². The number of allylic oxidation sites excluding steroid dienone is 1. The summed E-state index contributed by atoms with van der Waals surface area (Å²) < 4.78 is 10.2. The zero-order valence-corrected chi connectivity index (χ0v) is 16.1. The van der Waals surface area contributed by atoms with Gasteiger partial charge in [-0.2, -0.15) is 0 Å². The van der Waals surface area contributed by atoms with E-state index in [0.717, 1.165) is 19.3 Å². The molecule has 1 fully saturated rings. The Morgan fingerprint density at radius 2 is 2.33 bits per heavy atom. The van der Waals surface area contributed by atoms with E-state index in [1.165, 1.54) is 13.3 Å². The Bertz CT molecular complexity index is 739. The first-order chi connectivity index (χ1) is 13.0. The molecule has 27 heavy (non-hydrogen) atoms. The maximum absolute atomic E-state index is 11.6. The van der Waals surface area contributed by atoms with Gasteiger partial charge in [0.25, 0.3) is 0 Å². The molecule has 7 heteroatoms. The van der Waals surface area contributed by atoms with Crippen molar-refractivity contribution in [2.24, 2.45) is 10.7 Å². The number of carbonyl (C=O) groups is 1. The highest BCUT2D eigenvalue weighted by atomic mass is 35.5. The fraction of sp³-hybridized carbons (Fsp3) is 0.400. The molecule has 0 aliphatic carbocycles. The maximum Gasteiger partial charge on any atom is 0.333 e. The number of hydrogen-bond donors (Lipinski definition) is 2. The number of nitrogens with two attached hydrogens (primary N) is 1. The molecule has 0 radical (unpaired) electrons. The zero-order valence-electron chi connectivity index (χ0n) is 15.4. The van der Waals surface area contributed by atoms with E-state index in [9.17, 15) is 9.90 Å². The van der Waals surface area contributed by atoms with Crippen LogP contribution in [0.2, 0.25) is 5.02 Å². The molecule has 1 aliphatic rings. The lowest BCUT2D eigenvalue weighted by Gasteiger charge is -2.19. The summed E-state index contributed by atoms with van der Waals surface area (Å²) in [5.41, 5.74) is 7.78. The van der Waals surface area contributed by atoms with Crippen molar-refractivity contribution in [1.29, 1.82) is 0 Å². The first-order valence-corrected chi connectivity index (χ1v) is 9.14. The van der Waals surface area contributed by atoms with Crippen LogP contribution in [0, 0.1) is 0 Å². The van der Waals surface area contributed by atoms with Crippen LogP contribution in [0.25, 0.3) is 5.57 Å². The molecule has 0 aromatic heterocycles. The van der Waals surface area contributed by atoms with Gasteiger partial charge in [0, 0.05) is 41.6 Å². The second-order valence-corrected chi connectivity index (χ2v) is 6.70. The van der Waals surface area contributed by atoms with E-state index in [1.54, 1.807) is 24.4 Å². The van der Waals surface area contributed by atoms with Crippen LogP contribution in [-0.4, -0.2) is 37.2 Å². The Morgan fingerprint density at radius 3 is 2.96 bits per heavy atom. The lowest BCUT2D eigenvalue weighted by molar-refractivity contribution is -0.136. The molecule has 2 unspecified atom stereocenters. The van der Waals surface area contributed by atoms with Gasteiger partial charge in [-0.1, -0.05) is 24.2 Å². The Labute approximate surface area is 164 Å². The highest BCUT2D eigenvalue weighted by Gasteiger charge is 2.19. The molecular weight excluding hydrogens is 368 g/mol. The molecule has 0 saturated carbocycles. The molecule has 1 heterocycles. The van der Waals surface area contributed by atoms with Gasteiger partial charge in [0.15, 0.2) is 0 Å². The predicted molar refractivity (Wildman–Crippen MR) is 106 cm³/mol. The Kier molecular flexibility index (Phi) is 8.03. The quantitative estimate of drug-likeness (QED) is 0.421. The lowest BCUT2D eigenvalue weighted by Crippen LogP contribution is -2.17. The second kappa shape index (κ2) is 10.3. The molecule has 0 spiro atoms. The number of methoxy groups -OCH3 is 1. The van der Waals surface area contributed by atoms with Gasteiger partial charge in [0.1, 0.15) is 6.23 Å². The number of carbonyl (C=O) groups excluding carboxylic acids is 1. The molecule has 0 amide bonds. The van der Waals surface area contributed by atoms with Crippen molar-refractivity contribution in [2.75, 3.05) is 13.7 Å². The third-order valence-corrected chi connectivity index (χ3v) is 4.55. The number of aliphatic hydroxyl groups excluding tert-OH is 1. The van der Waals surface area contributed by atoms with Gasteiger partial charge < -0.3 is 20.3 Å². The molecule has 6 nitrogen and oxygen atoms in total. The fourth-order valence-electron chi connectivity index (χ4n) is 2.85. The van der Waals surface area contributed by atoms with Gasteiger partial charge in [-0.15, -0.1) is 0 Å². The first kappa shape index (κ1) is 21.2. The van der Waals surface area contributed by atoms with E-state index >= 15 is 0 Å². The van der Waals surface area contributed by atoms with Crippen molar-refractivity contribution in [1.82, 2.24) is 0 Å². The largest absolute Gasteiger partial charge is 0.466 e. The van der Waals surface area contributed by atoms with Crippen LogP contribution >= 0.6 is 11.6 Å². The molecular formula is C20H25ClN2O4. The molecule has 1 aliphatic heterocycles. The smallest absolute Gasteiger partial charge is 0.333 e. The van der Waals surface area contributed by atoms with Crippen LogP contribution < -0.4 is 5.73 Å². The maximum atomic E-state index is 11.6. The Morgan fingerprint density at radius 1 is 1.56 bits per heavy atom. The monoisotopic (exact) mass is 392 g/mol. The predicted octanol–water partition coefficient (Wildman–Crippen LogP) is 3.39. The summed E-state index contributed by atoms with van der Waals surface area (Å²) in [6, 6.07) is 5.06. The second-order valence-electron chi connectivity index (χ2n) is 6.27. The minimum absolute atomic E-state index is 0.0298. The van der Waals surface area contributed by atoms with Crippen molar-refractivity contribution in [3.63, 3.8) is 0 Å². The van der Waals surface area contributed by atoms with Crippen LogP contribution in [0.4, 0.5) is 0 Å². The van der Waals surface area contributed by atoms with Crippen LogP contribution in [0.5, 0.6) is 0 Å². The Hall–Kier alpha value is -2.15. The van der Waals surface area contributed by atoms with Crippen LogP contribution in [0.1, 0.15) is 42.9 Å². The molecule has 1 aromatic carbocycles. The van der Waals surface area contributed by atoms with E-state index in [-0.39, 0.29) is 18.2 Å². The lowest BCUT2D eigenvalue weighted by atomic mass is 9.93. The van der Waals surface area contributed by atoms with Crippen molar-refractivity contribution >= 4 is 29.4 Å². The molecule has 2 rings (SSSR count). The number of aliphatic imine (C=N–C) groups is 1. The summed E-state index contributed by atoms with van der Waals surface area (Å²) >= 11 is 6.14. The summed E-state index contributed by atoms with van der Waals surface area (Å²) in [5.74, 6) is -0.560. The van der Waals surface area contributed by atoms with Gasteiger partial charge in [-0.05, 0) is 42.5 Å². The number of halogens is 1. The number of esters is 1. The SMILES string of the molecule is C=C(CC(O)c1ccc(Cl)cc1C(=C/N)/C=N/C1CCCCO1)C(=O)OC. The van der Waals surface area contributed by atoms with Crippen molar-refractivity contribution in [3.05, 3.63) is 52.7 Å². The van der Waals surface area contributed by atoms with Crippen LogP contribution in [-0.2, 0) is 14.3 Å². The van der Waals surface area contributed by atoms with E-state index in [2.05, 4.69) is 16.3 Å². The molecule has 1 saturated heterocycles. The van der Waals surface area contributed by atoms with Gasteiger partial charge >= 0.3 is 5.97 Å². The van der Waals surface area contributed by atoms with Crippen molar-refractivity contribution in [3.8, 4) is 0 Å². The van der Waals surface area contributed by atoms with Crippen molar-refractivity contribution in [2.45, 2.75) is 38.0 Å². The Balaban J connectivity index is 2.26. The highest BCUT2D eigenvalue weighted by Crippen LogP contribution is 2.30. The van der Waals surface area contributed by atoms with Gasteiger partial charge in [-0.3, -0.25) is 4.99 Å². The number of aliphatic hydroxyl groups is 1. The average Bonchev–Trinajstić information content (AvgIpc) is 2.68. The summed E-state index contributed by atoms with van der Waals surface area (Å²) in [6.07, 6.45) is 4.87. The zero-order chi connectivity index (χ0) is 19.8.